The van der Waals surface area contributed by atoms with E-state index in [1.165, 1.54) is 43.5 Å². The number of hydrogen-bond acceptors (Lipinski definition) is 6. The smallest absolute Gasteiger partial charge is 0.255 e. The van der Waals surface area contributed by atoms with Crippen LogP contribution in [-0.2, 0) is 7.05 Å². The number of aromatic nitrogens is 4. The molecule has 0 unspecified atom stereocenters. The summed E-state index contributed by atoms with van der Waals surface area (Å²) >= 11 is 0. The minimum absolute atomic E-state index is 0.0703. The van der Waals surface area contributed by atoms with Crippen LogP contribution in [0, 0.1) is 0 Å². The zero-order valence-corrected chi connectivity index (χ0v) is 17.9. The van der Waals surface area contributed by atoms with Crippen LogP contribution in [0.1, 0.15) is 37.2 Å². The van der Waals surface area contributed by atoms with Gasteiger partial charge in [0.2, 0.25) is 5.95 Å². The van der Waals surface area contributed by atoms with Crippen LogP contribution in [0.2, 0.25) is 0 Å². The summed E-state index contributed by atoms with van der Waals surface area (Å²) in [6.45, 7) is 4.10. The van der Waals surface area contributed by atoms with E-state index in [1.54, 1.807) is 29.9 Å². The van der Waals surface area contributed by atoms with Gasteiger partial charge in [-0.15, -0.1) is 0 Å². The van der Waals surface area contributed by atoms with E-state index in [4.69, 9.17) is 4.98 Å². The number of hydrogen-bond donors (Lipinski definition) is 0. The fourth-order valence-electron chi connectivity index (χ4n) is 4.75. The molecular weight excluding hydrogens is 388 g/mol. The standard InChI is InChI=1S/C24H28N6O/c1-28-23(31)16-22(21-7-10-25-17-26-21)27-24(28)30-13-8-18(9-14-30)19-5-4-6-20(15-19)29-11-2-3-12-29/h4-7,10,15-18H,2-3,8-9,11-14H2,1H3. The Morgan fingerprint density at radius 3 is 2.48 bits per heavy atom. The van der Waals surface area contributed by atoms with Gasteiger partial charge >= 0.3 is 0 Å². The molecule has 0 spiro atoms. The molecule has 31 heavy (non-hydrogen) atoms. The molecule has 2 aliphatic heterocycles. The molecule has 5 rings (SSSR count). The van der Waals surface area contributed by atoms with E-state index in [2.05, 4.69) is 44.0 Å². The molecule has 2 aliphatic rings. The molecule has 7 nitrogen and oxygen atoms in total. The predicted octanol–water partition coefficient (Wildman–Crippen LogP) is 3.22. The Kier molecular flexibility index (Phi) is 5.40. The first-order valence-corrected chi connectivity index (χ1v) is 11.1. The van der Waals surface area contributed by atoms with Gasteiger partial charge in [-0.05, 0) is 55.4 Å². The van der Waals surface area contributed by atoms with Crippen LogP contribution in [0.4, 0.5) is 11.6 Å². The third-order valence-corrected chi connectivity index (χ3v) is 6.55. The molecule has 0 amide bonds. The first-order chi connectivity index (χ1) is 15.2. The van der Waals surface area contributed by atoms with Crippen molar-refractivity contribution in [3.8, 4) is 11.4 Å². The fraction of sp³-hybridized carbons (Fsp3) is 0.417. The molecule has 0 N–H and O–H groups in total. The van der Waals surface area contributed by atoms with Crippen LogP contribution < -0.4 is 15.4 Å². The highest BCUT2D eigenvalue weighted by molar-refractivity contribution is 5.55. The number of rotatable bonds is 4. The van der Waals surface area contributed by atoms with Gasteiger partial charge in [-0.3, -0.25) is 9.36 Å². The molecule has 2 aromatic heterocycles. The summed E-state index contributed by atoms with van der Waals surface area (Å²) in [4.78, 5) is 30.3. The van der Waals surface area contributed by atoms with Gasteiger partial charge in [-0.1, -0.05) is 12.1 Å². The maximum absolute atomic E-state index is 12.6. The molecule has 0 radical (unpaired) electrons. The summed E-state index contributed by atoms with van der Waals surface area (Å²) in [7, 11) is 1.79. The molecule has 1 aromatic carbocycles. The highest BCUT2D eigenvalue weighted by atomic mass is 16.1. The fourth-order valence-corrected chi connectivity index (χ4v) is 4.75. The summed E-state index contributed by atoms with van der Waals surface area (Å²) in [6, 6.07) is 12.4. The average molecular weight is 417 g/mol. The first kappa shape index (κ1) is 19.7. The van der Waals surface area contributed by atoms with Crippen molar-refractivity contribution in [2.24, 2.45) is 7.05 Å². The van der Waals surface area contributed by atoms with Gasteiger partial charge in [0.1, 0.15) is 6.33 Å². The van der Waals surface area contributed by atoms with Gasteiger partial charge in [-0.2, -0.15) is 0 Å². The van der Waals surface area contributed by atoms with Gasteiger partial charge < -0.3 is 9.80 Å². The SMILES string of the molecule is Cn1c(N2CCC(c3cccc(N4CCCC4)c3)CC2)nc(-c2ccncn2)cc1=O. The maximum atomic E-state index is 12.6. The van der Waals surface area contributed by atoms with Crippen LogP contribution in [0.5, 0.6) is 0 Å². The van der Waals surface area contributed by atoms with E-state index in [-0.39, 0.29) is 5.56 Å². The van der Waals surface area contributed by atoms with Crippen LogP contribution >= 0.6 is 0 Å². The molecule has 7 heteroatoms. The Morgan fingerprint density at radius 1 is 0.935 bits per heavy atom. The first-order valence-electron chi connectivity index (χ1n) is 11.1. The molecular formula is C24H28N6O. The summed E-state index contributed by atoms with van der Waals surface area (Å²) < 4.78 is 1.64. The second-order valence-electron chi connectivity index (χ2n) is 8.48. The van der Waals surface area contributed by atoms with Crippen LogP contribution in [0.25, 0.3) is 11.4 Å². The van der Waals surface area contributed by atoms with Crippen molar-refractivity contribution in [1.29, 1.82) is 0 Å². The molecule has 4 heterocycles. The van der Waals surface area contributed by atoms with Crippen LogP contribution in [0.15, 0.2) is 53.7 Å². The zero-order chi connectivity index (χ0) is 21.2. The van der Waals surface area contributed by atoms with E-state index in [0.29, 0.717) is 23.3 Å². The van der Waals surface area contributed by atoms with Gasteiger partial charge in [0.05, 0.1) is 11.4 Å². The Morgan fingerprint density at radius 2 is 1.74 bits per heavy atom. The molecule has 2 saturated heterocycles. The van der Waals surface area contributed by atoms with Crippen molar-refractivity contribution in [3.05, 3.63) is 64.8 Å². The van der Waals surface area contributed by atoms with Crippen molar-refractivity contribution in [1.82, 2.24) is 19.5 Å². The van der Waals surface area contributed by atoms with Crippen molar-refractivity contribution >= 4 is 11.6 Å². The lowest BCUT2D eigenvalue weighted by Gasteiger charge is -2.34. The lowest BCUT2D eigenvalue weighted by Crippen LogP contribution is -2.37. The Hall–Kier alpha value is -3.22. The monoisotopic (exact) mass is 416 g/mol. The van der Waals surface area contributed by atoms with E-state index in [0.717, 1.165) is 25.9 Å². The predicted molar refractivity (Wildman–Crippen MR) is 123 cm³/mol. The second-order valence-corrected chi connectivity index (χ2v) is 8.48. The van der Waals surface area contributed by atoms with Gasteiger partial charge in [0, 0.05) is 51.2 Å². The molecule has 2 fully saturated rings. The lowest BCUT2D eigenvalue weighted by atomic mass is 9.89. The third kappa shape index (κ3) is 4.04. The summed E-state index contributed by atoms with van der Waals surface area (Å²) in [5.74, 6) is 1.26. The molecule has 0 aliphatic carbocycles. The lowest BCUT2D eigenvalue weighted by molar-refractivity contribution is 0.493. The van der Waals surface area contributed by atoms with Crippen LogP contribution in [-0.4, -0.2) is 45.7 Å². The highest BCUT2D eigenvalue weighted by Gasteiger charge is 2.24. The average Bonchev–Trinajstić information content (AvgIpc) is 3.37. The number of piperidine rings is 1. The van der Waals surface area contributed by atoms with E-state index < -0.39 is 0 Å². The van der Waals surface area contributed by atoms with Gasteiger partial charge in [0.15, 0.2) is 0 Å². The molecule has 160 valence electrons. The van der Waals surface area contributed by atoms with Crippen molar-refractivity contribution in [2.75, 3.05) is 36.0 Å². The van der Waals surface area contributed by atoms with Crippen molar-refractivity contribution < 1.29 is 0 Å². The molecule has 3 aromatic rings. The highest BCUT2D eigenvalue weighted by Crippen LogP contribution is 2.32. The second kappa shape index (κ2) is 8.49. The summed E-state index contributed by atoms with van der Waals surface area (Å²) in [6.07, 6.45) is 7.85. The summed E-state index contributed by atoms with van der Waals surface area (Å²) in [5.41, 5.74) is 3.99. The molecule has 0 bridgehead atoms. The van der Waals surface area contributed by atoms with E-state index >= 15 is 0 Å². The minimum atomic E-state index is -0.0703. The molecule has 0 saturated carbocycles. The largest absolute Gasteiger partial charge is 0.372 e. The molecule has 0 atom stereocenters. The van der Waals surface area contributed by atoms with E-state index in [9.17, 15) is 4.79 Å². The number of nitrogens with zero attached hydrogens (tertiary/aromatic N) is 6. The number of anilines is 2. The Bertz CT molecular complexity index is 1100. The normalized spacial score (nSPS) is 17.3. The van der Waals surface area contributed by atoms with Crippen LogP contribution in [0.3, 0.4) is 0 Å². The van der Waals surface area contributed by atoms with Gasteiger partial charge in [0.25, 0.3) is 5.56 Å². The number of benzene rings is 1. The van der Waals surface area contributed by atoms with E-state index in [1.807, 2.05) is 0 Å². The quantitative estimate of drug-likeness (QED) is 0.651. The topological polar surface area (TPSA) is 67.2 Å². The minimum Gasteiger partial charge on any atom is -0.372 e. The van der Waals surface area contributed by atoms with Crippen molar-refractivity contribution in [3.63, 3.8) is 0 Å². The third-order valence-electron chi connectivity index (χ3n) is 6.55. The van der Waals surface area contributed by atoms with Crippen molar-refractivity contribution in [2.45, 2.75) is 31.6 Å². The van der Waals surface area contributed by atoms with Gasteiger partial charge in [-0.25, -0.2) is 15.0 Å². The maximum Gasteiger partial charge on any atom is 0.255 e. The zero-order valence-electron chi connectivity index (χ0n) is 17.9. The summed E-state index contributed by atoms with van der Waals surface area (Å²) in [5, 5.41) is 0. The Labute approximate surface area is 182 Å². The Balaban J connectivity index is 1.33.